The van der Waals surface area contributed by atoms with E-state index in [2.05, 4.69) is 36.9 Å². The quantitative estimate of drug-likeness (QED) is 0.713. The van der Waals surface area contributed by atoms with Gasteiger partial charge in [-0.25, -0.2) is 0 Å². The number of rotatable bonds is 6. The van der Waals surface area contributed by atoms with Crippen LogP contribution in [0.25, 0.3) is 0 Å². The van der Waals surface area contributed by atoms with Gasteiger partial charge in [-0.2, -0.15) is 0 Å². The molecule has 0 radical (unpaired) electrons. The molecule has 1 N–H and O–H groups in total. The second-order valence-corrected chi connectivity index (χ2v) is 5.47. The van der Waals surface area contributed by atoms with Gasteiger partial charge in [0.2, 0.25) is 0 Å². The first kappa shape index (κ1) is 14.5. The van der Waals surface area contributed by atoms with Gasteiger partial charge in [-0.1, -0.05) is 6.92 Å². The van der Waals surface area contributed by atoms with Crippen LogP contribution in [0.3, 0.4) is 0 Å². The predicted octanol–water partition coefficient (Wildman–Crippen LogP) is 2.50. The summed E-state index contributed by atoms with van der Waals surface area (Å²) in [5.41, 5.74) is 0. The van der Waals surface area contributed by atoms with Gasteiger partial charge in [0.1, 0.15) is 0 Å². The maximum atomic E-state index is 5.35. The summed E-state index contributed by atoms with van der Waals surface area (Å²) < 4.78 is 0. The standard InChI is InChI=1S/C15H28N2/c1-5-8-13(3)16-14(4)15-9-7-11-17(12-15)10-6-2/h1,13-16H,6-12H2,2-4H3. The monoisotopic (exact) mass is 236 g/mol. The minimum Gasteiger partial charge on any atom is -0.311 e. The van der Waals surface area contributed by atoms with E-state index < -0.39 is 0 Å². The highest BCUT2D eigenvalue weighted by Gasteiger charge is 2.24. The number of nitrogens with one attached hydrogen (secondary N) is 1. The average Bonchev–Trinajstić information content (AvgIpc) is 2.30. The van der Waals surface area contributed by atoms with Crippen molar-refractivity contribution in [3.8, 4) is 12.3 Å². The van der Waals surface area contributed by atoms with Crippen molar-refractivity contribution in [2.24, 2.45) is 5.92 Å². The SMILES string of the molecule is C#CCC(C)NC(C)C1CCCN(CCC)C1. The highest BCUT2D eigenvalue weighted by Crippen LogP contribution is 2.20. The van der Waals surface area contributed by atoms with Gasteiger partial charge in [0.05, 0.1) is 0 Å². The van der Waals surface area contributed by atoms with E-state index in [9.17, 15) is 0 Å². The maximum Gasteiger partial charge on any atom is 0.0238 e. The van der Waals surface area contributed by atoms with E-state index in [0.717, 1.165) is 12.3 Å². The lowest BCUT2D eigenvalue weighted by atomic mass is 9.91. The molecule has 0 aromatic carbocycles. The number of hydrogen-bond acceptors (Lipinski definition) is 2. The summed E-state index contributed by atoms with van der Waals surface area (Å²) in [7, 11) is 0. The summed E-state index contributed by atoms with van der Waals surface area (Å²) in [4.78, 5) is 2.61. The fourth-order valence-electron chi connectivity index (χ4n) is 2.84. The van der Waals surface area contributed by atoms with Crippen LogP contribution in [-0.2, 0) is 0 Å². The van der Waals surface area contributed by atoms with Crippen molar-refractivity contribution in [2.45, 2.75) is 58.5 Å². The van der Waals surface area contributed by atoms with E-state index >= 15 is 0 Å². The summed E-state index contributed by atoms with van der Waals surface area (Å²) in [6.45, 7) is 10.6. The Morgan fingerprint density at radius 1 is 1.47 bits per heavy atom. The zero-order chi connectivity index (χ0) is 12.7. The fourth-order valence-corrected chi connectivity index (χ4v) is 2.84. The summed E-state index contributed by atoms with van der Waals surface area (Å²) >= 11 is 0. The maximum absolute atomic E-state index is 5.35. The third-order valence-electron chi connectivity index (χ3n) is 3.76. The molecule has 1 rings (SSSR count). The van der Waals surface area contributed by atoms with Crippen LogP contribution in [0.15, 0.2) is 0 Å². The Bertz CT molecular complexity index is 242. The van der Waals surface area contributed by atoms with Crippen molar-refractivity contribution in [3.05, 3.63) is 0 Å². The average molecular weight is 236 g/mol. The molecule has 17 heavy (non-hydrogen) atoms. The largest absolute Gasteiger partial charge is 0.311 e. The second kappa shape index (κ2) is 7.74. The molecular formula is C15H28N2. The fraction of sp³-hybridized carbons (Fsp3) is 0.867. The molecule has 1 saturated heterocycles. The molecule has 0 bridgehead atoms. The molecule has 1 heterocycles. The topological polar surface area (TPSA) is 15.3 Å². The number of likely N-dealkylation sites (tertiary alicyclic amines) is 1. The first-order chi connectivity index (χ1) is 8.17. The zero-order valence-corrected chi connectivity index (χ0v) is 11.7. The highest BCUT2D eigenvalue weighted by atomic mass is 15.1. The molecule has 3 unspecified atom stereocenters. The Balaban J connectivity index is 2.35. The summed E-state index contributed by atoms with van der Waals surface area (Å²) in [5, 5.41) is 3.64. The van der Waals surface area contributed by atoms with Gasteiger partial charge in [-0.15, -0.1) is 12.3 Å². The Morgan fingerprint density at radius 2 is 2.24 bits per heavy atom. The number of nitrogens with zero attached hydrogens (tertiary/aromatic N) is 1. The van der Waals surface area contributed by atoms with E-state index in [1.165, 1.54) is 38.9 Å². The molecule has 0 aromatic heterocycles. The molecule has 0 aromatic rings. The van der Waals surface area contributed by atoms with Gasteiger partial charge in [-0.3, -0.25) is 0 Å². The Hall–Kier alpha value is -0.520. The molecule has 0 aliphatic carbocycles. The molecule has 1 fully saturated rings. The summed E-state index contributed by atoms with van der Waals surface area (Å²) in [5.74, 6) is 3.52. The Morgan fingerprint density at radius 3 is 2.88 bits per heavy atom. The third kappa shape index (κ3) is 5.10. The lowest BCUT2D eigenvalue weighted by Gasteiger charge is -2.36. The van der Waals surface area contributed by atoms with Gasteiger partial charge in [-0.05, 0) is 52.1 Å². The van der Waals surface area contributed by atoms with Crippen LogP contribution < -0.4 is 5.32 Å². The van der Waals surface area contributed by atoms with Crippen molar-refractivity contribution in [1.82, 2.24) is 10.2 Å². The highest BCUT2D eigenvalue weighted by molar-refractivity contribution is 4.90. The Labute approximate surface area is 107 Å². The van der Waals surface area contributed by atoms with Gasteiger partial charge < -0.3 is 10.2 Å². The second-order valence-electron chi connectivity index (χ2n) is 5.47. The molecule has 1 aliphatic rings. The molecule has 0 saturated carbocycles. The lowest BCUT2D eigenvalue weighted by Crippen LogP contribution is -2.46. The van der Waals surface area contributed by atoms with Crippen LogP contribution in [0, 0.1) is 18.3 Å². The molecule has 2 heteroatoms. The van der Waals surface area contributed by atoms with Gasteiger partial charge >= 0.3 is 0 Å². The first-order valence-corrected chi connectivity index (χ1v) is 7.09. The van der Waals surface area contributed by atoms with E-state index in [0.29, 0.717) is 12.1 Å². The zero-order valence-electron chi connectivity index (χ0n) is 11.7. The first-order valence-electron chi connectivity index (χ1n) is 7.09. The summed E-state index contributed by atoms with van der Waals surface area (Å²) in [6, 6.07) is 1.02. The molecule has 0 spiro atoms. The third-order valence-corrected chi connectivity index (χ3v) is 3.76. The minimum absolute atomic E-state index is 0.441. The van der Waals surface area contributed by atoms with Crippen LogP contribution in [0.4, 0.5) is 0 Å². The Kier molecular flexibility index (Phi) is 6.62. The van der Waals surface area contributed by atoms with Crippen molar-refractivity contribution in [3.63, 3.8) is 0 Å². The van der Waals surface area contributed by atoms with Crippen LogP contribution in [0.2, 0.25) is 0 Å². The number of terminal acetylenes is 1. The van der Waals surface area contributed by atoms with E-state index in [1.807, 2.05) is 0 Å². The van der Waals surface area contributed by atoms with Crippen LogP contribution in [0.1, 0.15) is 46.5 Å². The number of piperidine rings is 1. The van der Waals surface area contributed by atoms with Crippen LogP contribution in [-0.4, -0.2) is 36.6 Å². The minimum atomic E-state index is 0.441. The smallest absolute Gasteiger partial charge is 0.0238 e. The normalized spacial score (nSPS) is 25.2. The van der Waals surface area contributed by atoms with E-state index in [4.69, 9.17) is 6.42 Å². The van der Waals surface area contributed by atoms with Gasteiger partial charge in [0.25, 0.3) is 0 Å². The van der Waals surface area contributed by atoms with Crippen LogP contribution in [0.5, 0.6) is 0 Å². The van der Waals surface area contributed by atoms with Crippen molar-refractivity contribution >= 4 is 0 Å². The van der Waals surface area contributed by atoms with Crippen molar-refractivity contribution in [1.29, 1.82) is 0 Å². The molecule has 0 amide bonds. The molecular weight excluding hydrogens is 208 g/mol. The predicted molar refractivity (Wildman–Crippen MR) is 75.0 cm³/mol. The van der Waals surface area contributed by atoms with Crippen LogP contribution >= 0.6 is 0 Å². The molecule has 3 atom stereocenters. The molecule has 2 nitrogen and oxygen atoms in total. The number of hydrogen-bond donors (Lipinski definition) is 1. The molecule has 98 valence electrons. The van der Waals surface area contributed by atoms with Crippen molar-refractivity contribution in [2.75, 3.05) is 19.6 Å². The summed E-state index contributed by atoms with van der Waals surface area (Å²) in [6.07, 6.45) is 10.1. The molecule has 1 aliphatic heterocycles. The van der Waals surface area contributed by atoms with Crippen molar-refractivity contribution < 1.29 is 0 Å². The lowest BCUT2D eigenvalue weighted by molar-refractivity contribution is 0.147. The van der Waals surface area contributed by atoms with Gasteiger partial charge in [0.15, 0.2) is 0 Å². The van der Waals surface area contributed by atoms with Gasteiger partial charge in [0, 0.05) is 25.0 Å². The van der Waals surface area contributed by atoms with E-state index in [1.54, 1.807) is 0 Å². The van der Waals surface area contributed by atoms with E-state index in [-0.39, 0.29) is 0 Å².